The third kappa shape index (κ3) is 5.97. The highest BCUT2D eigenvalue weighted by Gasteiger charge is 2.24. The van der Waals surface area contributed by atoms with E-state index in [-0.39, 0.29) is 5.82 Å². The van der Waals surface area contributed by atoms with Gasteiger partial charge in [-0.1, -0.05) is 60.7 Å². The van der Waals surface area contributed by atoms with Crippen molar-refractivity contribution >= 4 is 0 Å². The fraction of sp³-hybridized carbons (Fsp3) is 0.167. The van der Waals surface area contributed by atoms with Gasteiger partial charge in [0.2, 0.25) is 5.88 Å². The van der Waals surface area contributed by atoms with Crippen LogP contribution in [0.3, 0.4) is 0 Å². The van der Waals surface area contributed by atoms with Crippen LogP contribution in [0.4, 0.5) is 4.39 Å². The molecule has 2 heterocycles. The molecule has 0 radical (unpaired) electrons. The molecule has 0 fully saturated rings. The van der Waals surface area contributed by atoms with E-state index < -0.39 is 6.10 Å². The molecule has 0 aliphatic carbocycles. The molecule has 5 rings (SSSR count). The van der Waals surface area contributed by atoms with Gasteiger partial charge in [-0.2, -0.15) is 5.10 Å². The van der Waals surface area contributed by atoms with Gasteiger partial charge in [-0.25, -0.2) is 9.07 Å². The quantitative estimate of drug-likeness (QED) is 0.244. The second-order valence-corrected chi connectivity index (χ2v) is 8.85. The number of aryl methyl sites for hydroxylation is 1. The summed E-state index contributed by atoms with van der Waals surface area (Å²) in [5.74, 6) is 1.50. The Labute approximate surface area is 215 Å². The molecule has 0 spiro atoms. The molecule has 5 aromatic rings. The SMILES string of the molecule is Cn1nc(-c2ccccc2)c(CN(Cc2ccco2)CC(O)c2ccccc2)c1Oc1ccc(F)cc1. The van der Waals surface area contributed by atoms with Crippen molar-refractivity contribution in [3.8, 4) is 22.9 Å². The fourth-order valence-electron chi connectivity index (χ4n) is 4.32. The molecule has 0 bridgehead atoms. The predicted molar refractivity (Wildman–Crippen MR) is 139 cm³/mol. The van der Waals surface area contributed by atoms with Crippen LogP contribution in [0.5, 0.6) is 11.6 Å². The summed E-state index contributed by atoms with van der Waals surface area (Å²) < 4.78 is 27.1. The molecule has 188 valence electrons. The molecule has 0 saturated heterocycles. The van der Waals surface area contributed by atoms with Gasteiger partial charge >= 0.3 is 0 Å². The van der Waals surface area contributed by atoms with Crippen molar-refractivity contribution in [1.29, 1.82) is 0 Å². The molecule has 3 aromatic carbocycles. The zero-order valence-electron chi connectivity index (χ0n) is 20.5. The number of nitrogens with zero attached hydrogens (tertiary/aromatic N) is 3. The lowest BCUT2D eigenvalue weighted by molar-refractivity contribution is 0.100. The molecule has 1 unspecified atom stereocenters. The number of hydrogen-bond donors (Lipinski definition) is 1. The van der Waals surface area contributed by atoms with Gasteiger partial charge in [0, 0.05) is 25.7 Å². The van der Waals surface area contributed by atoms with E-state index in [1.165, 1.54) is 12.1 Å². The number of ether oxygens (including phenoxy) is 1. The zero-order valence-corrected chi connectivity index (χ0v) is 20.5. The van der Waals surface area contributed by atoms with Crippen molar-refractivity contribution < 1.29 is 18.7 Å². The summed E-state index contributed by atoms with van der Waals surface area (Å²) in [6.07, 6.45) is 0.943. The molecular formula is C30H28FN3O3. The Hall–Kier alpha value is -4.20. The topological polar surface area (TPSA) is 63.7 Å². The lowest BCUT2D eigenvalue weighted by Crippen LogP contribution is -2.28. The first kappa shape index (κ1) is 24.5. The van der Waals surface area contributed by atoms with Crippen molar-refractivity contribution in [2.45, 2.75) is 19.2 Å². The van der Waals surface area contributed by atoms with E-state index in [0.29, 0.717) is 31.3 Å². The van der Waals surface area contributed by atoms with Crippen molar-refractivity contribution in [3.05, 3.63) is 126 Å². The Morgan fingerprint density at radius 3 is 2.30 bits per heavy atom. The van der Waals surface area contributed by atoms with Crippen molar-refractivity contribution in [2.75, 3.05) is 6.54 Å². The van der Waals surface area contributed by atoms with Crippen LogP contribution in [-0.4, -0.2) is 26.3 Å². The van der Waals surface area contributed by atoms with Crippen LogP contribution in [-0.2, 0) is 20.1 Å². The second-order valence-electron chi connectivity index (χ2n) is 8.85. The van der Waals surface area contributed by atoms with Crippen LogP contribution in [0.15, 0.2) is 108 Å². The summed E-state index contributed by atoms with van der Waals surface area (Å²) in [5, 5.41) is 15.8. The largest absolute Gasteiger partial charge is 0.468 e. The molecule has 37 heavy (non-hydrogen) atoms. The average Bonchev–Trinajstić information content (AvgIpc) is 3.54. The minimum Gasteiger partial charge on any atom is -0.468 e. The molecule has 6 nitrogen and oxygen atoms in total. The van der Waals surface area contributed by atoms with Gasteiger partial charge in [-0.3, -0.25) is 4.90 Å². The lowest BCUT2D eigenvalue weighted by Gasteiger charge is -2.25. The first-order valence-corrected chi connectivity index (χ1v) is 12.1. The molecule has 1 atom stereocenters. The number of aliphatic hydroxyl groups is 1. The smallest absolute Gasteiger partial charge is 0.222 e. The summed E-state index contributed by atoms with van der Waals surface area (Å²) in [6, 6.07) is 29.2. The van der Waals surface area contributed by atoms with Crippen molar-refractivity contribution in [3.63, 3.8) is 0 Å². The van der Waals surface area contributed by atoms with Crippen LogP contribution in [0.1, 0.15) is 23.0 Å². The maximum absolute atomic E-state index is 13.5. The number of rotatable bonds is 10. The van der Waals surface area contributed by atoms with Gasteiger partial charge < -0.3 is 14.3 Å². The Balaban J connectivity index is 1.52. The summed E-state index contributed by atoms with van der Waals surface area (Å²) in [4.78, 5) is 2.11. The third-order valence-corrected chi connectivity index (χ3v) is 6.12. The van der Waals surface area contributed by atoms with E-state index in [2.05, 4.69) is 4.90 Å². The van der Waals surface area contributed by atoms with E-state index in [1.807, 2.05) is 79.8 Å². The lowest BCUT2D eigenvalue weighted by atomic mass is 10.1. The first-order valence-electron chi connectivity index (χ1n) is 12.1. The summed E-state index contributed by atoms with van der Waals surface area (Å²) in [5.41, 5.74) is 3.41. The van der Waals surface area contributed by atoms with Gasteiger partial charge in [0.15, 0.2) is 0 Å². The average molecular weight is 498 g/mol. The third-order valence-electron chi connectivity index (χ3n) is 6.12. The summed E-state index contributed by atoms with van der Waals surface area (Å²) >= 11 is 0. The van der Waals surface area contributed by atoms with Crippen LogP contribution in [0.2, 0.25) is 0 Å². The van der Waals surface area contributed by atoms with Crippen molar-refractivity contribution in [1.82, 2.24) is 14.7 Å². The Morgan fingerprint density at radius 2 is 1.62 bits per heavy atom. The van der Waals surface area contributed by atoms with Crippen molar-refractivity contribution in [2.24, 2.45) is 7.05 Å². The highest BCUT2D eigenvalue weighted by Crippen LogP contribution is 2.35. The fourth-order valence-corrected chi connectivity index (χ4v) is 4.32. The van der Waals surface area contributed by atoms with E-state index >= 15 is 0 Å². The van der Waals surface area contributed by atoms with Gasteiger partial charge in [-0.05, 0) is 42.0 Å². The Bertz CT molecular complexity index is 1400. The highest BCUT2D eigenvalue weighted by atomic mass is 19.1. The number of hydrogen-bond acceptors (Lipinski definition) is 5. The first-order chi connectivity index (χ1) is 18.1. The van der Waals surface area contributed by atoms with Crippen LogP contribution >= 0.6 is 0 Å². The molecular weight excluding hydrogens is 469 g/mol. The van der Waals surface area contributed by atoms with E-state index in [1.54, 1.807) is 23.1 Å². The van der Waals surface area contributed by atoms with Crippen LogP contribution in [0.25, 0.3) is 11.3 Å². The Morgan fingerprint density at radius 1 is 0.919 bits per heavy atom. The number of halogens is 1. The van der Waals surface area contributed by atoms with Gasteiger partial charge in [0.05, 0.1) is 24.5 Å². The molecule has 0 saturated carbocycles. The zero-order chi connectivity index (χ0) is 25.6. The highest BCUT2D eigenvalue weighted by molar-refractivity contribution is 5.65. The van der Waals surface area contributed by atoms with Gasteiger partial charge in [0.1, 0.15) is 23.0 Å². The van der Waals surface area contributed by atoms with E-state index in [4.69, 9.17) is 14.3 Å². The molecule has 2 aromatic heterocycles. The number of aromatic nitrogens is 2. The van der Waals surface area contributed by atoms with E-state index in [0.717, 1.165) is 28.1 Å². The number of aliphatic hydroxyl groups excluding tert-OH is 1. The number of furan rings is 1. The standard InChI is InChI=1S/C30H28FN3O3/c1-33-30(37-25-16-14-24(31)15-17-25)27(29(32-33)23-11-6-3-7-12-23)20-34(19-26-13-8-18-36-26)21-28(35)22-9-4-2-5-10-22/h2-18,28,35H,19-21H2,1H3. The molecule has 0 amide bonds. The minimum absolute atomic E-state index is 0.331. The molecule has 1 N–H and O–H groups in total. The van der Waals surface area contributed by atoms with Gasteiger partial charge in [-0.15, -0.1) is 0 Å². The number of benzene rings is 3. The normalized spacial score (nSPS) is 12.1. The van der Waals surface area contributed by atoms with Crippen LogP contribution < -0.4 is 4.74 Å². The maximum atomic E-state index is 13.5. The molecule has 0 aliphatic heterocycles. The minimum atomic E-state index is -0.700. The second kappa shape index (κ2) is 11.2. The van der Waals surface area contributed by atoms with Gasteiger partial charge in [0.25, 0.3) is 0 Å². The molecule has 7 heteroatoms. The van der Waals surface area contributed by atoms with Crippen LogP contribution in [0, 0.1) is 5.82 Å². The molecule has 0 aliphatic rings. The summed E-state index contributed by atoms with van der Waals surface area (Å²) in [6.45, 7) is 1.28. The Kier molecular flexibility index (Phi) is 7.44. The van der Waals surface area contributed by atoms with E-state index in [9.17, 15) is 9.50 Å². The monoisotopic (exact) mass is 497 g/mol. The maximum Gasteiger partial charge on any atom is 0.222 e. The predicted octanol–water partition coefficient (Wildman–Crippen LogP) is 6.35. The summed E-state index contributed by atoms with van der Waals surface area (Å²) in [7, 11) is 1.82.